The normalized spacial score (nSPS) is 46.4. The van der Waals surface area contributed by atoms with Gasteiger partial charge in [-0.2, -0.15) is 0 Å². The summed E-state index contributed by atoms with van der Waals surface area (Å²) in [7, 11) is 1.30. The summed E-state index contributed by atoms with van der Waals surface area (Å²) in [6.45, 7) is -0.440. The molecule has 5 atom stereocenters. The van der Waals surface area contributed by atoms with Crippen molar-refractivity contribution in [3.63, 3.8) is 0 Å². The third kappa shape index (κ3) is 1.98. The number of hydrogen-bond acceptors (Lipinski definition) is 6. The Balaban J connectivity index is 2.66. The highest BCUT2D eigenvalue weighted by Crippen LogP contribution is 2.20. The van der Waals surface area contributed by atoms with Gasteiger partial charge in [-0.1, -0.05) is 0 Å². The lowest BCUT2D eigenvalue weighted by molar-refractivity contribution is -0.294. The van der Waals surface area contributed by atoms with Crippen LogP contribution >= 0.6 is 0 Å². The van der Waals surface area contributed by atoms with Crippen LogP contribution in [0.2, 0.25) is 0 Å². The SMILES string of the molecule is COC1OC(CO)C(O)C(O)[C@@H]1O. The summed E-state index contributed by atoms with van der Waals surface area (Å²) in [5.74, 6) is 0. The highest BCUT2D eigenvalue weighted by Gasteiger charge is 2.43. The molecule has 1 fully saturated rings. The van der Waals surface area contributed by atoms with E-state index in [2.05, 4.69) is 0 Å². The zero-order valence-corrected chi connectivity index (χ0v) is 7.20. The van der Waals surface area contributed by atoms with Crippen molar-refractivity contribution in [1.29, 1.82) is 0 Å². The third-order valence-corrected chi connectivity index (χ3v) is 2.08. The van der Waals surface area contributed by atoms with E-state index in [4.69, 9.17) is 14.6 Å². The van der Waals surface area contributed by atoms with Gasteiger partial charge >= 0.3 is 0 Å². The molecule has 0 saturated carbocycles. The predicted octanol–water partition coefficient (Wildman–Crippen LogP) is -2.57. The second kappa shape index (κ2) is 4.32. The van der Waals surface area contributed by atoms with Gasteiger partial charge in [0.1, 0.15) is 24.4 Å². The van der Waals surface area contributed by atoms with Crippen LogP contribution in [0.25, 0.3) is 0 Å². The lowest BCUT2D eigenvalue weighted by Gasteiger charge is -2.38. The molecule has 4 N–H and O–H groups in total. The van der Waals surface area contributed by atoms with Crippen molar-refractivity contribution in [3.05, 3.63) is 0 Å². The Morgan fingerprint density at radius 2 is 1.77 bits per heavy atom. The van der Waals surface area contributed by atoms with Crippen LogP contribution < -0.4 is 0 Å². The molecule has 0 amide bonds. The average Bonchev–Trinajstić information content (AvgIpc) is 2.15. The fourth-order valence-corrected chi connectivity index (χ4v) is 1.26. The molecule has 0 aromatic rings. The molecule has 0 aliphatic carbocycles. The van der Waals surface area contributed by atoms with Crippen molar-refractivity contribution in [3.8, 4) is 0 Å². The number of hydrogen-bond donors (Lipinski definition) is 4. The maximum absolute atomic E-state index is 9.28. The summed E-state index contributed by atoms with van der Waals surface area (Å²) in [6.07, 6.45) is -5.91. The number of aliphatic hydroxyl groups is 4. The standard InChI is InChI=1S/C7H14O6/c1-12-7-6(11)5(10)4(9)3(2-8)13-7/h3-11H,2H2,1H3/t3?,4?,5?,6-,7?/m0/s1. The number of ether oxygens (including phenoxy) is 2. The van der Waals surface area contributed by atoms with Crippen molar-refractivity contribution in [2.24, 2.45) is 0 Å². The molecule has 13 heavy (non-hydrogen) atoms. The fraction of sp³-hybridized carbons (Fsp3) is 1.00. The van der Waals surface area contributed by atoms with Gasteiger partial charge in [0.25, 0.3) is 0 Å². The van der Waals surface area contributed by atoms with Crippen molar-refractivity contribution in [2.75, 3.05) is 13.7 Å². The second-order valence-corrected chi connectivity index (χ2v) is 2.93. The van der Waals surface area contributed by atoms with Crippen molar-refractivity contribution in [2.45, 2.75) is 30.7 Å². The Morgan fingerprint density at radius 1 is 1.15 bits per heavy atom. The van der Waals surface area contributed by atoms with E-state index in [0.717, 1.165) is 0 Å². The second-order valence-electron chi connectivity index (χ2n) is 2.93. The molecule has 1 rings (SSSR count). The summed E-state index contributed by atoms with van der Waals surface area (Å²) < 4.78 is 9.65. The minimum atomic E-state index is -1.36. The molecule has 1 heterocycles. The summed E-state index contributed by atoms with van der Waals surface area (Å²) in [5.41, 5.74) is 0. The number of aliphatic hydroxyl groups excluding tert-OH is 4. The summed E-state index contributed by atoms with van der Waals surface area (Å²) in [6, 6.07) is 0. The van der Waals surface area contributed by atoms with Gasteiger partial charge in [0.2, 0.25) is 0 Å². The third-order valence-electron chi connectivity index (χ3n) is 2.08. The molecular formula is C7H14O6. The van der Waals surface area contributed by atoms with Crippen LogP contribution in [0.4, 0.5) is 0 Å². The highest BCUT2D eigenvalue weighted by atomic mass is 16.7. The minimum Gasteiger partial charge on any atom is -0.394 e. The molecule has 6 nitrogen and oxygen atoms in total. The number of methoxy groups -OCH3 is 1. The first kappa shape index (κ1) is 10.8. The Kier molecular flexibility index (Phi) is 3.60. The molecule has 1 aliphatic rings. The van der Waals surface area contributed by atoms with Crippen molar-refractivity contribution < 1.29 is 29.9 Å². The Hall–Kier alpha value is -0.240. The zero-order valence-electron chi connectivity index (χ0n) is 7.20. The minimum absolute atomic E-state index is 0.440. The summed E-state index contributed by atoms with van der Waals surface area (Å²) >= 11 is 0. The van der Waals surface area contributed by atoms with Gasteiger partial charge in [0.05, 0.1) is 6.61 Å². The quantitative estimate of drug-likeness (QED) is 0.386. The van der Waals surface area contributed by atoms with Crippen LogP contribution in [0, 0.1) is 0 Å². The van der Waals surface area contributed by atoms with Crippen LogP contribution in [0.1, 0.15) is 0 Å². The van der Waals surface area contributed by atoms with Gasteiger partial charge in [0.15, 0.2) is 6.29 Å². The van der Waals surface area contributed by atoms with Crippen LogP contribution in [0.15, 0.2) is 0 Å². The monoisotopic (exact) mass is 194 g/mol. The largest absolute Gasteiger partial charge is 0.394 e. The maximum Gasteiger partial charge on any atom is 0.186 e. The molecule has 1 aliphatic heterocycles. The molecule has 0 aromatic heterocycles. The fourth-order valence-electron chi connectivity index (χ4n) is 1.26. The van der Waals surface area contributed by atoms with E-state index in [1.807, 2.05) is 0 Å². The number of rotatable bonds is 2. The van der Waals surface area contributed by atoms with E-state index >= 15 is 0 Å². The topological polar surface area (TPSA) is 99.4 Å². The highest BCUT2D eigenvalue weighted by molar-refractivity contribution is 4.88. The Morgan fingerprint density at radius 3 is 2.23 bits per heavy atom. The summed E-state index contributed by atoms with van der Waals surface area (Å²) in [5, 5.41) is 36.6. The molecule has 6 heteroatoms. The van der Waals surface area contributed by atoms with E-state index in [1.165, 1.54) is 7.11 Å². The zero-order chi connectivity index (χ0) is 10.0. The van der Waals surface area contributed by atoms with Crippen LogP contribution in [-0.4, -0.2) is 64.8 Å². The Bertz CT molecular complexity index is 143. The first-order chi connectivity index (χ1) is 6.11. The van der Waals surface area contributed by atoms with Crippen LogP contribution in [0.5, 0.6) is 0 Å². The van der Waals surface area contributed by atoms with Crippen LogP contribution in [0.3, 0.4) is 0 Å². The van der Waals surface area contributed by atoms with E-state index < -0.39 is 37.3 Å². The molecular weight excluding hydrogens is 180 g/mol. The smallest absolute Gasteiger partial charge is 0.186 e. The summed E-state index contributed by atoms with van der Waals surface area (Å²) in [4.78, 5) is 0. The molecule has 4 unspecified atom stereocenters. The first-order valence-corrected chi connectivity index (χ1v) is 3.95. The molecule has 0 bridgehead atoms. The molecule has 0 spiro atoms. The van der Waals surface area contributed by atoms with Gasteiger partial charge in [-0.25, -0.2) is 0 Å². The van der Waals surface area contributed by atoms with E-state index in [0.29, 0.717) is 0 Å². The van der Waals surface area contributed by atoms with Gasteiger partial charge in [-0.15, -0.1) is 0 Å². The molecule has 1 saturated heterocycles. The molecule has 78 valence electrons. The lowest BCUT2D eigenvalue weighted by Crippen LogP contribution is -2.58. The van der Waals surface area contributed by atoms with Crippen LogP contribution in [-0.2, 0) is 9.47 Å². The Labute approximate surface area is 75.3 Å². The predicted molar refractivity (Wildman–Crippen MR) is 40.8 cm³/mol. The van der Waals surface area contributed by atoms with Crippen molar-refractivity contribution >= 4 is 0 Å². The average molecular weight is 194 g/mol. The van der Waals surface area contributed by atoms with Gasteiger partial charge in [-0.3, -0.25) is 0 Å². The van der Waals surface area contributed by atoms with E-state index in [9.17, 15) is 15.3 Å². The van der Waals surface area contributed by atoms with Crippen molar-refractivity contribution in [1.82, 2.24) is 0 Å². The maximum atomic E-state index is 9.28. The lowest BCUT2D eigenvalue weighted by atomic mass is 9.99. The first-order valence-electron chi connectivity index (χ1n) is 3.95. The van der Waals surface area contributed by atoms with Gasteiger partial charge in [0, 0.05) is 7.11 Å². The van der Waals surface area contributed by atoms with E-state index in [1.54, 1.807) is 0 Å². The van der Waals surface area contributed by atoms with Gasteiger partial charge in [-0.05, 0) is 0 Å². The van der Waals surface area contributed by atoms with Gasteiger partial charge < -0.3 is 29.9 Å². The van der Waals surface area contributed by atoms with E-state index in [-0.39, 0.29) is 0 Å². The molecule has 0 aromatic carbocycles. The molecule has 0 radical (unpaired) electrons.